The minimum Gasteiger partial charge on any atom is -0.323 e. The first kappa shape index (κ1) is 14.7. The lowest BCUT2D eigenvalue weighted by Crippen LogP contribution is -2.30. The first-order chi connectivity index (χ1) is 9.56. The monoisotopic (exact) mass is 308 g/mol. The van der Waals surface area contributed by atoms with Crippen LogP contribution in [-0.2, 0) is 6.54 Å². The molecule has 20 heavy (non-hydrogen) atoms. The summed E-state index contributed by atoms with van der Waals surface area (Å²) in [6, 6.07) is 14.6. The third kappa shape index (κ3) is 3.89. The van der Waals surface area contributed by atoms with Crippen LogP contribution in [-0.4, -0.2) is 18.0 Å². The average Bonchev–Trinajstić information content (AvgIpc) is 2.44. The molecule has 0 aliphatic rings. The molecular formula is C15H14Cl2N2O. The largest absolute Gasteiger partial charge is 0.323 e. The second kappa shape index (κ2) is 6.64. The van der Waals surface area contributed by atoms with E-state index < -0.39 is 0 Å². The van der Waals surface area contributed by atoms with Crippen LogP contribution in [0.2, 0.25) is 10.0 Å². The lowest BCUT2D eigenvalue weighted by Gasteiger charge is -2.18. The highest BCUT2D eigenvalue weighted by Crippen LogP contribution is 2.25. The Kier molecular flexibility index (Phi) is 4.88. The van der Waals surface area contributed by atoms with Crippen LogP contribution < -0.4 is 5.32 Å². The molecule has 0 spiro atoms. The summed E-state index contributed by atoms with van der Waals surface area (Å²) < 4.78 is 0. The maximum Gasteiger partial charge on any atom is 0.321 e. The van der Waals surface area contributed by atoms with Gasteiger partial charge in [0.05, 0.1) is 10.0 Å². The Morgan fingerprint density at radius 3 is 2.45 bits per heavy atom. The summed E-state index contributed by atoms with van der Waals surface area (Å²) in [5.41, 5.74) is 1.68. The van der Waals surface area contributed by atoms with Gasteiger partial charge in [-0.25, -0.2) is 4.79 Å². The summed E-state index contributed by atoms with van der Waals surface area (Å²) >= 11 is 11.7. The lowest BCUT2D eigenvalue weighted by atomic mass is 10.2. The normalized spacial score (nSPS) is 10.2. The highest BCUT2D eigenvalue weighted by Gasteiger charge is 2.10. The van der Waals surface area contributed by atoms with E-state index >= 15 is 0 Å². The molecule has 0 saturated heterocycles. The molecule has 0 aliphatic carbocycles. The first-order valence-corrected chi connectivity index (χ1v) is 6.83. The predicted octanol–water partition coefficient (Wildman–Crippen LogP) is 4.66. The summed E-state index contributed by atoms with van der Waals surface area (Å²) in [6.07, 6.45) is 0. The number of anilines is 1. The van der Waals surface area contributed by atoms with Crippen molar-refractivity contribution in [2.45, 2.75) is 6.54 Å². The van der Waals surface area contributed by atoms with Crippen molar-refractivity contribution in [2.75, 3.05) is 12.4 Å². The van der Waals surface area contributed by atoms with Crippen LogP contribution >= 0.6 is 23.2 Å². The van der Waals surface area contributed by atoms with Gasteiger partial charge in [0.25, 0.3) is 0 Å². The number of urea groups is 1. The fourth-order valence-corrected chi connectivity index (χ4v) is 2.02. The highest BCUT2D eigenvalue weighted by molar-refractivity contribution is 6.42. The van der Waals surface area contributed by atoms with E-state index in [-0.39, 0.29) is 6.03 Å². The Morgan fingerprint density at radius 2 is 1.80 bits per heavy atom. The van der Waals surface area contributed by atoms with E-state index in [1.165, 1.54) is 0 Å². The van der Waals surface area contributed by atoms with Crippen LogP contribution in [0.4, 0.5) is 10.5 Å². The Morgan fingerprint density at radius 1 is 1.10 bits per heavy atom. The third-order valence-corrected chi connectivity index (χ3v) is 3.52. The van der Waals surface area contributed by atoms with Crippen molar-refractivity contribution >= 4 is 34.9 Å². The van der Waals surface area contributed by atoms with E-state index in [0.717, 1.165) is 5.56 Å². The van der Waals surface area contributed by atoms with Crippen molar-refractivity contribution < 1.29 is 4.79 Å². The number of benzene rings is 2. The highest BCUT2D eigenvalue weighted by atomic mass is 35.5. The molecule has 0 bridgehead atoms. The zero-order valence-corrected chi connectivity index (χ0v) is 12.4. The van der Waals surface area contributed by atoms with Gasteiger partial charge in [0.15, 0.2) is 0 Å². The van der Waals surface area contributed by atoms with Crippen LogP contribution in [0.15, 0.2) is 48.5 Å². The van der Waals surface area contributed by atoms with Crippen molar-refractivity contribution in [3.05, 3.63) is 64.1 Å². The Hall–Kier alpha value is -1.71. The topological polar surface area (TPSA) is 32.3 Å². The van der Waals surface area contributed by atoms with Gasteiger partial charge in [-0.3, -0.25) is 0 Å². The van der Waals surface area contributed by atoms with Gasteiger partial charge in [-0.2, -0.15) is 0 Å². The number of rotatable bonds is 3. The van der Waals surface area contributed by atoms with E-state index in [0.29, 0.717) is 22.3 Å². The smallest absolute Gasteiger partial charge is 0.321 e. The summed E-state index contributed by atoms with van der Waals surface area (Å²) in [7, 11) is 1.74. The zero-order chi connectivity index (χ0) is 14.5. The van der Waals surface area contributed by atoms with Crippen LogP contribution in [0.3, 0.4) is 0 Å². The number of amides is 2. The van der Waals surface area contributed by atoms with Crippen LogP contribution in [0.25, 0.3) is 0 Å². The number of hydrogen-bond acceptors (Lipinski definition) is 1. The summed E-state index contributed by atoms with van der Waals surface area (Å²) in [5, 5.41) is 3.65. The predicted molar refractivity (Wildman–Crippen MR) is 83.4 cm³/mol. The minimum atomic E-state index is -0.202. The molecule has 0 fully saturated rings. The number of nitrogens with one attached hydrogen (secondary N) is 1. The fraction of sp³-hybridized carbons (Fsp3) is 0.133. The number of carbonyl (C=O) groups excluding carboxylic acids is 1. The van der Waals surface area contributed by atoms with Crippen molar-refractivity contribution in [3.8, 4) is 0 Å². The fourth-order valence-electron chi connectivity index (χ4n) is 1.72. The maximum atomic E-state index is 12.1. The zero-order valence-electron chi connectivity index (χ0n) is 10.9. The summed E-state index contributed by atoms with van der Waals surface area (Å²) in [4.78, 5) is 13.6. The molecule has 2 amide bonds. The summed E-state index contributed by atoms with van der Waals surface area (Å²) in [6.45, 7) is 0.536. The molecule has 0 aromatic heterocycles. The van der Waals surface area contributed by atoms with E-state index in [2.05, 4.69) is 5.32 Å². The second-order valence-electron chi connectivity index (χ2n) is 4.40. The van der Waals surface area contributed by atoms with E-state index in [1.807, 2.05) is 30.3 Å². The number of carbonyl (C=O) groups is 1. The van der Waals surface area contributed by atoms with Gasteiger partial charge in [0.2, 0.25) is 0 Å². The number of halogens is 2. The molecule has 1 N–H and O–H groups in total. The molecule has 0 aliphatic heterocycles. The number of hydrogen-bond donors (Lipinski definition) is 1. The van der Waals surface area contributed by atoms with E-state index in [1.54, 1.807) is 30.1 Å². The van der Waals surface area contributed by atoms with Gasteiger partial charge in [-0.1, -0.05) is 53.5 Å². The van der Waals surface area contributed by atoms with E-state index in [4.69, 9.17) is 23.2 Å². The van der Waals surface area contributed by atoms with Crippen LogP contribution in [0, 0.1) is 0 Å². The number of nitrogens with zero attached hydrogens (tertiary/aromatic N) is 1. The molecular weight excluding hydrogens is 295 g/mol. The van der Waals surface area contributed by atoms with Crippen molar-refractivity contribution in [3.63, 3.8) is 0 Å². The Balaban J connectivity index is 1.99. The Bertz CT molecular complexity index is 602. The molecule has 2 rings (SSSR count). The van der Waals surface area contributed by atoms with Crippen molar-refractivity contribution in [1.29, 1.82) is 0 Å². The summed E-state index contributed by atoms with van der Waals surface area (Å²) in [5.74, 6) is 0. The molecule has 0 unspecified atom stereocenters. The lowest BCUT2D eigenvalue weighted by molar-refractivity contribution is 0.220. The van der Waals surface area contributed by atoms with Crippen molar-refractivity contribution in [2.24, 2.45) is 0 Å². The average molecular weight is 309 g/mol. The SMILES string of the molecule is CN(Cc1ccccc1)C(=O)Nc1ccc(Cl)c(Cl)c1. The van der Waals surface area contributed by atoms with Gasteiger partial charge in [-0.15, -0.1) is 0 Å². The molecule has 104 valence electrons. The first-order valence-electron chi connectivity index (χ1n) is 6.07. The molecule has 3 nitrogen and oxygen atoms in total. The molecule has 2 aromatic rings. The molecule has 0 radical (unpaired) electrons. The molecule has 2 aromatic carbocycles. The van der Waals surface area contributed by atoms with Crippen LogP contribution in [0.5, 0.6) is 0 Å². The van der Waals surface area contributed by atoms with Gasteiger partial charge in [0, 0.05) is 19.3 Å². The van der Waals surface area contributed by atoms with E-state index in [9.17, 15) is 4.79 Å². The van der Waals surface area contributed by atoms with Gasteiger partial charge >= 0.3 is 6.03 Å². The van der Waals surface area contributed by atoms with Crippen molar-refractivity contribution in [1.82, 2.24) is 4.90 Å². The van der Waals surface area contributed by atoms with Gasteiger partial charge in [-0.05, 0) is 23.8 Å². The molecule has 0 heterocycles. The quantitative estimate of drug-likeness (QED) is 0.879. The minimum absolute atomic E-state index is 0.202. The third-order valence-electron chi connectivity index (χ3n) is 2.78. The van der Waals surface area contributed by atoms with Crippen LogP contribution in [0.1, 0.15) is 5.56 Å². The maximum absolute atomic E-state index is 12.1. The molecule has 0 saturated carbocycles. The molecule has 0 atom stereocenters. The standard InChI is InChI=1S/C15H14Cl2N2O/c1-19(10-11-5-3-2-4-6-11)15(20)18-12-7-8-13(16)14(17)9-12/h2-9H,10H2,1H3,(H,18,20). The van der Waals surface area contributed by atoms with Gasteiger partial charge in [0.1, 0.15) is 0 Å². The Labute approximate surface area is 128 Å². The molecule has 5 heteroatoms. The second-order valence-corrected chi connectivity index (χ2v) is 5.22. The van der Waals surface area contributed by atoms with Gasteiger partial charge < -0.3 is 10.2 Å².